The Morgan fingerprint density at radius 1 is 1.29 bits per heavy atom. The molecule has 0 aromatic heterocycles. The zero-order valence-electron chi connectivity index (χ0n) is 14.7. The minimum absolute atomic E-state index is 0.000654. The summed E-state index contributed by atoms with van der Waals surface area (Å²) in [6, 6.07) is 6.27. The number of piperidine rings is 1. The third-order valence-electron chi connectivity index (χ3n) is 4.59. The lowest BCUT2D eigenvalue weighted by atomic mass is 10.0. The maximum atomic E-state index is 12.2. The quantitative estimate of drug-likeness (QED) is 0.829. The molecule has 0 spiro atoms. The van der Waals surface area contributed by atoms with Crippen LogP contribution < -0.4 is 5.32 Å². The van der Waals surface area contributed by atoms with Gasteiger partial charge in [-0.05, 0) is 45.4 Å². The first kappa shape index (κ1) is 18.4. The summed E-state index contributed by atoms with van der Waals surface area (Å²) in [5.74, 6) is -0.799. The van der Waals surface area contributed by atoms with Crippen LogP contribution >= 0.6 is 0 Å². The predicted octanol–water partition coefficient (Wildman–Crippen LogP) is 1.72. The molecule has 6 heteroatoms. The molecule has 1 aliphatic heterocycles. The number of likely N-dealkylation sites (tertiary alicyclic amines) is 1. The Bertz CT molecular complexity index is 595. The highest BCUT2D eigenvalue weighted by molar-refractivity contribution is 5.93. The van der Waals surface area contributed by atoms with Crippen molar-refractivity contribution in [3.63, 3.8) is 0 Å². The number of carboxylic acids is 1. The van der Waals surface area contributed by atoms with Gasteiger partial charge in [0.1, 0.15) is 0 Å². The number of aliphatic carboxylic acids is 1. The molecular weight excluding hydrogens is 306 g/mol. The van der Waals surface area contributed by atoms with Crippen molar-refractivity contribution in [1.29, 1.82) is 0 Å². The maximum absolute atomic E-state index is 12.2. The van der Waals surface area contributed by atoms with E-state index < -0.39 is 5.97 Å². The fraction of sp³-hybridized carbons (Fsp3) is 0.556. The molecule has 1 fully saturated rings. The third kappa shape index (κ3) is 5.32. The van der Waals surface area contributed by atoms with Gasteiger partial charge < -0.3 is 10.4 Å². The molecule has 1 aromatic carbocycles. The van der Waals surface area contributed by atoms with Gasteiger partial charge in [0.15, 0.2) is 0 Å². The Morgan fingerprint density at radius 3 is 2.54 bits per heavy atom. The van der Waals surface area contributed by atoms with E-state index in [0.29, 0.717) is 6.54 Å². The van der Waals surface area contributed by atoms with Gasteiger partial charge in [-0.1, -0.05) is 17.7 Å². The van der Waals surface area contributed by atoms with Crippen LogP contribution in [0.15, 0.2) is 18.2 Å². The number of anilines is 1. The number of hydrogen-bond acceptors (Lipinski definition) is 4. The van der Waals surface area contributed by atoms with Gasteiger partial charge in [-0.3, -0.25) is 19.4 Å². The molecule has 132 valence electrons. The molecule has 2 rings (SSSR count). The topological polar surface area (TPSA) is 72.9 Å². The second kappa shape index (κ2) is 8.26. The highest BCUT2D eigenvalue weighted by atomic mass is 16.4. The van der Waals surface area contributed by atoms with Gasteiger partial charge in [0.2, 0.25) is 5.91 Å². The number of amides is 1. The van der Waals surface area contributed by atoms with Crippen LogP contribution in [-0.2, 0) is 9.59 Å². The van der Waals surface area contributed by atoms with Gasteiger partial charge in [-0.2, -0.15) is 0 Å². The monoisotopic (exact) mass is 333 g/mol. The molecule has 24 heavy (non-hydrogen) atoms. The number of nitrogens with one attached hydrogen (secondary N) is 1. The lowest BCUT2D eigenvalue weighted by Crippen LogP contribution is -2.46. The van der Waals surface area contributed by atoms with Crippen molar-refractivity contribution in [1.82, 2.24) is 9.80 Å². The summed E-state index contributed by atoms with van der Waals surface area (Å²) in [7, 11) is 1.85. The van der Waals surface area contributed by atoms with Crippen molar-refractivity contribution in [2.45, 2.75) is 32.7 Å². The number of carboxylic acid groups (broad SMARTS) is 1. The first-order valence-corrected chi connectivity index (χ1v) is 8.36. The van der Waals surface area contributed by atoms with Gasteiger partial charge in [0.05, 0.1) is 13.1 Å². The molecule has 0 saturated carbocycles. The molecule has 1 aliphatic rings. The zero-order valence-corrected chi connectivity index (χ0v) is 14.7. The van der Waals surface area contributed by atoms with Crippen molar-refractivity contribution in [3.05, 3.63) is 29.3 Å². The number of hydrogen-bond donors (Lipinski definition) is 2. The van der Waals surface area contributed by atoms with Crippen molar-refractivity contribution in [2.24, 2.45) is 0 Å². The van der Waals surface area contributed by atoms with Crippen molar-refractivity contribution in [2.75, 3.05) is 38.5 Å². The van der Waals surface area contributed by atoms with E-state index in [0.717, 1.165) is 37.2 Å². The van der Waals surface area contributed by atoms with Crippen molar-refractivity contribution >= 4 is 17.6 Å². The van der Waals surface area contributed by atoms with Crippen LogP contribution in [0, 0.1) is 13.8 Å². The minimum Gasteiger partial charge on any atom is -0.480 e. The Labute approximate surface area is 143 Å². The summed E-state index contributed by atoms with van der Waals surface area (Å²) in [5.41, 5.74) is 3.11. The van der Waals surface area contributed by atoms with E-state index in [1.54, 1.807) is 0 Å². The van der Waals surface area contributed by atoms with Crippen LogP contribution in [0.4, 0.5) is 5.69 Å². The lowest BCUT2D eigenvalue weighted by molar-refractivity contribution is -0.138. The maximum Gasteiger partial charge on any atom is 0.317 e. The van der Waals surface area contributed by atoms with Crippen LogP contribution in [0.2, 0.25) is 0 Å². The summed E-state index contributed by atoms with van der Waals surface area (Å²) < 4.78 is 0. The van der Waals surface area contributed by atoms with Crippen molar-refractivity contribution in [3.8, 4) is 0 Å². The largest absolute Gasteiger partial charge is 0.480 e. The van der Waals surface area contributed by atoms with E-state index in [1.807, 2.05) is 37.9 Å². The number of carbonyl (C=O) groups is 2. The summed E-state index contributed by atoms with van der Waals surface area (Å²) in [6.45, 7) is 6.10. The lowest BCUT2D eigenvalue weighted by Gasteiger charge is -2.35. The van der Waals surface area contributed by atoms with E-state index in [9.17, 15) is 9.59 Å². The molecule has 1 heterocycles. The molecule has 1 saturated heterocycles. The summed E-state index contributed by atoms with van der Waals surface area (Å²) in [5, 5.41) is 11.8. The van der Waals surface area contributed by atoms with Crippen molar-refractivity contribution < 1.29 is 14.7 Å². The molecule has 0 unspecified atom stereocenters. The number of carbonyl (C=O) groups excluding carboxylic acids is 1. The first-order chi connectivity index (χ1) is 11.3. The van der Waals surface area contributed by atoms with Crippen LogP contribution in [-0.4, -0.2) is 66.1 Å². The second-order valence-electron chi connectivity index (χ2n) is 6.68. The molecule has 1 amide bonds. The number of aryl methyl sites for hydroxylation is 2. The fourth-order valence-corrected chi connectivity index (χ4v) is 3.21. The van der Waals surface area contributed by atoms with Crippen LogP contribution in [0.25, 0.3) is 0 Å². The summed E-state index contributed by atoms with van der Waals surface area (Å²) in [6.07, 6.45) is 1.78. The molecule has 6 nitrogen and oxygen atoms in total. The molecular formula is C18H27N3O3. The number of rotatable bonds is 6. The van der Waals surface area contributed by atoms with Gasteiger partial charge >= 0.3 is 5.97 Å². The SMILES string of the molecule is Cc1ccc(NC(=O)CN2CCC(N(C)CC(=O)O)CC2)c(C)c1. The Hall–Kier alpha value is -1.92. The number of benzene rings is 1. The average molecular weight is 333 g/mol. The number of likely N-dealkylation sites (N-methyl/N-ethyl adjacent to an activating group) is 1. The van der Waals surface area contributed by atoms with Crippen LogP contribution in [0.1, 0.15) is 24.0 Å². The second-order valence-corrected chi connectivity index (χ2v) is 6.68. The smallest absolute Gasteiger partial charge is 0.317 e. The summed E-state index contributed by atoms with van der Waals surface area (Å²) >= 11 is 0. The van der Waals surface area contributed by atoms with E-state index in [1.165, 1.54) is 5.56 Å². The average Bonchev–Trinajstić information content (AvgIpc) is 2.50. The number of nitrogens with zero attached hydrogens (tertiary/aromatic N) is 2. The van der Waals surface area contributed by atoms with E-state index in [2.05, 4.69) is 16.3 Å². The molecule has 0 aliphatic carbocycles. The summed E-state index contributed by atoms with van der Waals surface area (Å²) in [4.78, 5) is 27.0. The van der Waals surface area contributed by atoms with Gasteiger partial charge in [0.25, 0.3) is 0 Å². The minimum atomic E-state index is -0.798. The Morgan fingerprint density at radius 2 is 1.96 bits per heavy atom. The fourth-order valence-electron chi connectivity index (χ4n) is 3.21. The third-order valence-corrected chi connectivity index (χ3v) is 4.59. The van der Waals surface area contributed by atoms with E-state index in [4.69, 9.17) is 5.11 Å². The molecule has 0 bridgehead atoms. The normalized spacial score (nSPS) is 16.3. The standard InChI is InChI=1S/C18H27N3O3/c1-13-4-5-16(14(2)10-13)19-17(22)11-21-8-6-15(7-9-21)20(3)12-18(23)24/h4-5,10,15H,6-9,11-12H2,1-3H3,(H,19,22)(H,23,24). The van der Waals surface area contributed by atoms with Gasteiger partial charge in [0, 0.05) is 24.8 Å². The van der Waals surface area contributed by atoms with Crippen LogP contribution in [0.3, 0.4) is 0 Å². The zero-order chi connectivity index (χ0) is 17.7. The van der Waals surface area contributed by atoms with Gasteiger partial charge in [-0.15, -0.1) is 0 Å². The predicted molar refractivity (Wildman–Crippen MR) is 94.3 cm³/mol. The molecule has 1 aromatic rings. The Kier molecular flexibility index (Phi) is 6.34. The van der Waals surface area contributed by atoms with E-state index >= 15 is 0 Å². The highest BCUT2D eigenvalue weighted by Crippen LogP contribution is 2.17. The van der Waals surface area contributed by atoms with Crippen LogP contribution in [0.5, 0.6) is 0 Å². The van der Waals surface area contributed by atoms with Gasteiger partial charge in [-0.25, -0.2) is 0 Å². The molecule has 0 radical (unpaired) electrons. The molecule has 2 N–H and O–H groups in total. The first-order valence-electron chi connectivity index (χ1n) is 8.36. The highest BCUT2D eigenvalue weighted by Gasteiger charge is 2.24. The molecule has 0 atom stereocenters. The van der Waals surface area contributed by atoms with E-state index in [-0.39, 0.29) is 18.5 Å². The Balaban J connectivity index is 1.79.